The molecule has 1 saturated heterocycles. The summed E-state index contributed by atoms with van der Waals surface area (Å²) < 4.78 is 0. The lowest BCUT2D eigenvalue weighted by Gasteiger charge is -2.52. The van der Waals surface area contributed by atoms with E-state index in [1.54, 1.807) is 0 Å². The predicted molar refractivity (Wildman–Crippen MR) is 120 cm³/mol. The largest absolute Gasteiger partial charge is 0.389 e. The lowest BCUT2D eigenvalue weighted by molar-refractivity contribution is -0.828. The average molecular weight is 408 g/mol. The molecule has 4 rings (SSSR count). The minimum absolute atomic E-state index is 0.0718. The van der Waals surface area contributed by atoms with E-state index in [1.165, 1.54) is 10.6 Å². The maximum atomic E-state index is 13.5. The van der Waals surface area contributed by atoms with Crippen LogP contribution in [-0.2, 0) is 0 Å². The molecule has 2 aliphatic rings. The van der Waals surface area contributed by atoms with Gasteiger partial charge in [0.05, 0.1) is 24.7 Å². The van der Waals surface area contributed by atoms with Crippen molar-refractivity contribution in [1.29, 1.82) is 0 Å². The maximum absolute atomic E-state index is 13.5. The van der Waals surface area contributed by atoms with E-state index in [1.807, 2.05) is 35.2 Å². The third-order valence-electron chi connectivity index (χ3n) is 7.36. The van der Waals surface area contributed by atoms with Gasteiger partial charge < -0.3 is 14.9 Å². The first-order chi connectivity index (χ1) is 14.6. The van der Waals surface area contributed by atoms with Crippen LogP contribution in [0.1, 0.15) is 67.9 Å². The molecule has 30 heavy (non-hydrogen) atoms. The van der Waals surface area contributed by atoms with Crippen LogP contribution in [0.3, 0.4) is 0 Å². The molecule has 1 aliphatic heterocycles. The van der Waals surface area contributed by atoms with Crippen LogP contribution in [0.4, 0.5) is 5.69 Å². The molecular formula is C26H35N2O2+. The highest BCUT2D eigenvalue weighted by Crippen LogP contribution is 2.49. The zero-order valence-corrected chi connectivity index (χ0v) is 18.3. The first kappa shape index (κ1) is 21.1. The van der Waals surface area contributed by atoms with Crippen molar-refractivity contribution in [2.75, 3.05) is 19.6 Å². The number of likely N-dealkylation sites (tertiary alicyclic amines) is 1. The van der Waals surface area contributed by atoms with E-state index in [9.17, 15) is 9.90 Å². The molecule has 2 aromatic carbocycles. The van der Waals surface area contributed by atoms with E-state index < -0.39 is 5.60 Å². The molecule has 4 heteroatoms. The Morgan fingerprint density at radius 2 is 1.73 bits per heavy atom. The summed E-state index contributed by atoms with van der Waals surface area (Å²) in [5.74, 6) is 0.172. The van der Waals surface area contributed by atoms with Crippen molar-refractivity contribution in [3.63, 3.8) is 0 Å². The molecule has 4 nitrogen and oxygen atoms in total. The number of aliphatic hydroxyl groups is 1. The number of rotatable bonds is 5. The molecule has 0 spiro atoms. The summed E-state index contributed by atoms with van der Waals surface area (Å²) in [6.07, 6.45) is 4.70. The van der Waals surface area contributed by atoms with Crippen LogP contribution < -0.4 is 4.90 Å². The van der Waals surface area contributed by atoms with Crippen molar-refractivity contribution in [2.24, 2.45) is 5.92 Å². The maximum Gasteiger partial charge on any atom is 0.254 e. The van der Waals surface area contributed by atoms with E-state index in [0.717, 1.165) is 49.9 Å². The van der Waals surface area contributed by atoms with Gasteiger partial charge in [-0.05, 0) is 62.9 Å². The predicted octanol–water partition coefficient (Wildman–Crippen LogP) is 3.75. The Morgan fingerprint density at radius 3 is 2.40 bits per heavy atom. The number of carbonyl (C=O) groups is 1. The number of benzene rings is 2. The minimum Gasteiger partial charge on any atom is -0.389 e. The van der Waals surface area contributed by atoms with Gasteiger partial charge in [-0.2, -0.15) is 0 Å². The fourth-order valence-corrected chi connectivity index (χ4v) is 5.64. The molecule has 1 saturated carbocycles. The highest BCUT2D eigenvalue weighted by Gasteiger charge is 2.50. The lowest BCUT2D eigenvalue weighted by atomic mass is 9.66. The number of piperidine rings is 1. The van der Waals surface area contributed by atoms with E-state index in [2.05, 4.69) is 38.1 Å². The molecule has 1 aliphatic carbocycles. The Hall–Kier alpha value is -2.17. The fourth-order valence-electron chi connectivity index (χ4n) is 5.64. The van der Waals surface area contributed by atoms with Crippen LogP contribution >= 0.6 is 0 Å². The van der Waals surface area contributed by atoms with Crippen molar-refractivity contribution in [1.82, 2.24) is 4.90 Å². The standard InChI is InChI=1S/C26H34N2O2/c1-3-27(4-2)22-15-13-20(14-16-22)24-23-12-8-9-17-26(23,30)18-19-28(24)25(29)21-10-6-5-7-11-21/h5-7,10-11,13-16,23-24,30H,3-4,8-9,12,17-19H2,1-2H3/p+1. The van der Waals surface area contributed by atoms with E-state index in [0.29, 0.717) is 13.0 Å². The fraction of sp³-hybridized carbons (Fsp3) is 0.500. The van der Waals surface area contributed by atoms with Crippen molar-refractivity contribution < 1.29 is 14.8 Å². The van der Waals surface area contributed by atoms with Crippen molar-refractivity contribution in [3.05, 3.63) is 65.7 Å². The van der Waals surface area contributed by atoms with Gasteiger partial charge in [0.15, 0.2) is 0 Å². The number of nitrogens with one attached hydrogen (secondary N) is 1. The average Bonchev–Trinajstić information content (AvgIpc) is 2.79. The van der Waals surface area contributed by atoms with Gasteiger partial charge in [-0.15, -0.1) is 0 Å². The summed E-state index contributed by atoms with van der Waals surface area (Å²) >= 11 is 0. The number of fused-ring (bicyclic) bond motifs is 1. The normalized spacial score (nSPS) is 26.5. The van der Waals surface area contributed by atoms with Gasteiger partial charge in [0, 0.05) is 18.0 Å². The van der Waals surface area contributed by atoms with E-state index in [-0.39, 0.29) is 17.9 Å². The first-order valence-electron chi connectivity index (χ1n) is 11.6. The molecule has 3 atom stereocenters. The van der Waals surface area contributed by atoms with Gasteiger partial charge >= 0.3 is 0 Å². The quantitative estimate of drug-likeness (QED) is 0.793. The van der Waals surface area contributed by atoms with Crippen molar-refractivity contribution in [3.8, 4) is 0 Å². The second-order valence-electron chi connectivity index (χ2n) is 8.95. The van der Waals surface area contributed by atoms with Crippen LogP contribution in [0.5, 0.6) is 0 Å². The van der Waals surface area contributed by atoms with Gasteiger partial charge in [-0.25, -0.2) is 0 Å². The van der Waals surface area contributed by atoms with Gasteiger partial charge in [0.25, 0.3) is 5.91 Å². The molecular weight excluding hydrogens is 372 g/mol. The monoisotopic (exact) mass is 407 g/mol. The summed E-state index contributed by atoms with van der Waals surface area (Å²) in [6.45, 7) is 7.13. The zero-order chi connectivity index (χ0) is 21.1. The summed E-state index contributed by atoms with van der Waals surface area (Å²) in [7, 11) is 0. The SMILES string of the molecule is CC[NH+](CC)c1ccc(C2C3CCCCC3(O)CCN2C(=O)c2ccccc2)cc1. The van der Waals surface area contributed by atoms with Gasteiger partial charge in [0.1, 0.15) is 5.69 Å². The van der Waals surface area contributed by atoms with Gasteiger partial charge in [-0.1, -0.05) is 43.2 Å². The highest BCUT2D eigenvalue weighted by molar-refractivity contribution is 5.94. The molecule has 1 heterocycles. The summed E-state index contributed by atoms with van der Waals surface area (Å²) in [5, 5.41) is 11.5. The number of nitrogens with zero attached hydrogens (tertiary/aromatic N) is 1. The smallest absolute Gasteiger partial charge is 0.254 e. The Labute approximate surface area is 180 Å². The molecule has 2 N–H and O–H groups in total. The summed E-state index contributed by atoms with van der Waals surface area (Å²) in [6, 6.07) is 18.3. The number of quaternary nitrogens is 1. The van der Waals surface area contributed by atoms with Crippen LogP contribution in [-0.4, -0.2) is 41.1 Å². The minimum atomic E-state index is -0.654. The second kappa shape index (κ2) is 8.91. The number of amides is 1. The van der Waals surface area contributed by atoms with Crippen LogP contribution in [0.2, 0.25) is 0 Å². The summed E-state index contributed by atoms with van der Waals surface area (Å²) in [5.41, 5.74) is 2.52. The third-order valence-corrected chi connectivity index (χ3v) is 7.36. The Kier molecular flexibility index (Phi) is 6.26. The van der Waals surface area contributed by atoms with E-state index >= 15 is 0 Å². The molecule has 0 aromatic heterocycles. The molecule has 0 radical (unpaired) electrons. The van der Waals surface area contributed by atoms with Gasteiger partial charge in [-0.3, -0.25) is 4.79 Å². The Balaban J connectivity index is 1.71. The van der Waals surface area contributed by atoms with Crippen molar-refractivity contribution in [2.45, 2.75) is 57.6 Å². The topological polar surface area (TPSA) is 45.0 Å². The van der Waals surface area contributed by atoms with Crippen LogP contribution in [0.15, 0.2) is 54.6 Å². The second-order valence-corrected chi connectivity index (χ2v) is 8.95. The number of carbonyl (C=O) groups excluding carboxylic acids is 1. The Bertz CT molecular complexity index is 847. The van der Waals surface area contributed by atoms with Crippen LogP contribution in [0, 0.1) is 5.92 Å². The number of hydrogen-bond donors (Lipinski definition) is 2. The van der Waals surface area contributed by atoms with Gasteiger partial charge in [0.2, 0.25) is 0 Å². The molecule has 3 unspecified atom stereocenters. The lowest BCUT2D eigenvalue weighted by Crippen LogP contribution is -3.06. The van der Waals surface area contributed by atoms with Crippen molar-refractivity contribution >= 4 is 11.6 Å². The molecule has 2 aromatic rings. The van der Waals surface area contributed by atoms with Crippen LogP contribution in [0.25, 0.3) is 0 Å². The molecule has 2 fully saturated rings. The molecule has 1 amide bonds. The first-order valence-corrected chi connectivity index (χ1v) is 11.6. The molecule has 0 bridgehead atoms. The summed E-state index contributed by atoms with van der Waals surface area (Å²) in [4.78, 5) is 17.0. The zero-order valence-electron chi connectivity index (χ0n) is 18.3. The Morgan fingerprint density at radius 1 is 1.03 bits per heavy atom. The van der Waals surface area contributed by atoms with E-state index in [4.69, 9.17) is 0 Å². The molecule has 160 valence electrons. The third kappa shape index (κ3) is 3.91. The highest BCUT2D eigenvalue weighted by atomic mass is 16.3. The number of hydrogen-bond acceptors (Lipinski definition) is 2.